The Morgan fingerprint density at radius 1 is 1.13 bits per heavy atom. The summed E-state index contributed by atoms with van der Waals surface area (Å²) in [5, 5.41) is 13.3. The highest BCUT2D eigenvalue weighted by Crippen LogP contribution is 2.33. The minimum absolute atomic E-state index is 0.0190. The van der Waals surface area contributed by atoms with Crippen molar-refractivity contribution in [3.63, 3.8) is 0 Å². The van der Waals surface area contributed by atoms with Gasteiger partial charge in [-0.1, -0.05) is 12.1 Å². The van der Waals surface area contributed by atoms with E-state index in [0.717, 1.165) is 0 Å². The normalized spacial score (nSPS) is 13.8. The average Bonchev–Trinajstić information content (AvgIpc) is 3.06. The van der Waals surface area contributed by atoms with Gasteiger partial charge in [0.05, 0.1) is 18.6 Å². The van der Waals surface area contributed by atoms with Crippen LogP contribution < -0.4 is 5.32 Å². The number of halogens is 2. The molecule has 0 spiro atoms. The van der Waals surface area contributed by atoms with Gasteiger partial charge >= 0.3 is 0 Å². The van der Waals surface area contributed by atoms with E-state index in [2.05, 4.69) is 5.32 Å². The quantitative estimate of drug-likeness (QED) is 0.645. The first kappa shape index (κ1) is 21.0. The van der Waals surface area contributed by atoms with Crippen molar-refractivity contribution in [1.29, 1.82) is 0 Å². The Morgan fingerprint density at radius 2 is 1.87 bits per heavy atom. The molecule has 1 aliphatic heterocycles. The molecular weight excluding hydrogens is 402 g/mol. The monoisotopic (exact) mass is 426 g/mol. The lowest BCUT2D eigenvalue weighted by Crippen LogP contribution is -2.41. The molecule has 31 heavy (non-hydrogen) atoms. The highest BCUT2D eigenvalue weighted by molar-refractivity contribution is 5.79. The van der Waals surface area contributed by atoms with Crippen molar-refractivity contribution in [3.05, 3.63) is 66.0 Å². The van der Waals surface area contributed by atoms with Crippen molar-refractivity contribution < 1.29 is 18.7 Å². The molecule has 2 heterocycles. The third-order valence-electron chi connectivity index (χ3n) is 5.11. The fourth-order valence-corrected chi connectivity index (χ4v) is 3.66. The summed E-state index contributed by atoms with van der Waals surface area (Å²) in [5.41, 5.74) is 0.727. The fraction of sp³-hybridized carbons (Fsp3) is 0.304. The van der Waals surface area contributed by atoms with Gasteiger partial charge < -0.3 is 19.9 Å². The lowest BCUT2D eigenvalue weighted by Gasteiger charge is -2.30. The summed E-state index contributed by atoms with van der Waals surface area (Å²) in [6.07, 6.45) is 0.0190. The first-order chi connectivity index (χ1) is 14.7. The van der Waals surface area contributed by atoms with Crippen LogP contribution in [0.15, 0.2) is 48.5 Å². The van der Waals surface area contributed by atoms with Crippen LogP contribution in [0.4, 0.5) is 20.3 Å². The number of amides is 1. The maximum absolute atomic E-state index is 13.9. The molecule has 0 radical (unpaired) electrons. The number of nitrogens with zero attached hydrogens (tertiary/aromatic N) is 3. The van der Waals surface area contributed by atoms with Gasteiger partial charge in [-0.25, -0.2) is 13.8 Å². The van der Waals surface area contributed by atoms with Crippen LogP contribution in [0.3, 0.4) is 0 Å². The lowest BCUT2D eigenvalue weighted by molar-refractivity contribution is -0.136. The van der Waals surface area contributed by atoms with Crippen LogP contribution in [0, 0.1) is 11.6 Å². The highest BCUT2D eigenvalue weighted by Gasteiger charge is 2.29. The molecule has 1 aromatic heterocycles. The highest BCUT2D eigenvalue weighted by atomic mass is 19.1. The van der Waals surface area contributed by atoms with Crippen LogP contribution in [0.1, 0.15) is 26.1 Å². The van der Waals surface area contributed by atoms with E-state index in [1.165, 1.54) is 24.3 Å². The van der Waals surface area contributed by atoms with E-state index in [9.17, 15) is 18.7 Å². The zero-order valence-corrected chi connectivity index (χ0v) is 17.4. The summed E-state index contributed by atoms with van der Waals surface area (Å²) in [4.78, 5) is 19.0. The van der Waals surface area contributed by atoms with Crippen LogP contribution in [0.5, 0.6) is 0 Å². The minimum Gasteiger partial charge on any atom is -0.390 e. The molecule has 0 fully saturated rings. The fourth-order valence-electron chi connectivity index (χ4n) is 3.66. The molecule has 6 nitrogen and oxygen atoms in total. The standard InChI is InChI=1S/C23H24F2N4O2/c1-23(2,31)13-20(30)28-10-11-29-19(14-28)27-21(15-4-3-5-17(25)12-15)22(29)26-18-8-6-16(24)7-9-18/h3-9,12,26,31H,10-11,13-14H2,1-2H3. The summed E-state index contributed by atoms with van der Waals surface area (Å²) >= 11 is 0. The number of carbonyl (C=O) groups excluding carboxylic acids is 1. The first-order valence-electron chi connectivity index (χ1n) is 10.1. The minimum atomic E-state index is -1.09. The Hall–Kier alpha value is -3.26. The molecule has 2 aromatic carbocycles. The van der Waals surface area contributed by atoms with Crippen LogP contribution in [0.2, 0.25) is 0 Å². The van der Waals surface area contributed by atoms with Crippen LogP contribution in [0.25, 0.3) is 11.3 Å². The SMILES string of the molecule is CC(C)(O)CC(=O)N1CCn2c(nc(-c3cccc(F)c3)c2Nc2ccc(F)cc2)C1. The lowest BCUT2D eigenvalue weighted by atomic mass is 10.0. The molecule has 4 rings (SSSR count). The summed E-state index contributed by atoms with van der Waals surface area (Å²) < 4.78 is 29.2. The van der Waals surface area contributed by atoms with Gasteiger partial charge in [0.2, 0.25) is 5.91 Å². The number of nitrogens with one attached hydrogen (secondary N) is 1. The Bertz CT molecular complexity index is 1100. The third kappa shape index (κ3) is 4.74. The van der Waals surface area contributed by atoms with Crippen molar-refractivity contribution in [2.24, 2.45) is 0 Å². The summed E-state index contributed by atoms with van der Waals surface area (Å²) in [6, 6.07) is 12.1. The first-order valence-corrected chi connectivity index (χ1v) is 10.1. The zero-order valence-electron chi connectivity index (χ0n) is 17.4. The van der Waals surface area contributed by atoms with Gasteiger partial charge in [0.25, 0.3) is 0 Å². The Labute approximate surface area is 179 Å². The maximum atomic E-state index is 13.9. The number of aliphatic hydroxyl groups is 1. The summed E-state index contributed by atoms with van der Waals surface area (Å²) in [6.45, 7) is 4.42. The van der Waals surface area contributed by atoms with E-state index in [-0.39, 0.29) is 30.5 Å². The third-order valence-corrected chi connectivity index (χ3v) is 5.11. The summed E-state index contributed by atoms with van der Waals surface area (Å²) in [5.74, 6) is 0.438. The molecule has 0 unspecified atom stereocenters. The number of carbonyl (C=O) groups is 1. The van der Waals surface area contributed by atoms with Gasteiger partial charge in [-0.15, -0.1) is 0 Å². The molecule has 0 bridgehead atoms. The van der Waals surface area contributed by atoms with Gasteiger partial charge in [0.1, 0.15) is 29.0 Å². The van der Waals surface area contributed by atoms with E-state index >= 15 is 0 Å². The predicted octanol–water partition coefficient (Wildman–Crippen LogP) is 4.08. The molecule has 162 valence electrons. The Kier molecular flexibility index (Phi) is 5.49. The Balaban J connectivity index is 1.70. The predicted molar refractivity (Wildman–Crippen MR) is 114 cm³/mol. The van der Waals surface area contributed by atoms with Gasteiger partial charge in [-0.2, -0.15) is 0 Å². The van der Waals surface area contributed by atoms with Gasteiger partial charge in [0, 0.05) is 24.3 Å². The molecule has 0 saturated heterocycles. The number of hydrogen-bond donors (Lipinski definition) is 2. The second-order valence-corrected chi connectivity index (χ2v) is 8.32. The second kappa shape index (κ2) is 8.11. The molecule has 0 atom stereocenters. The van der Waals surface area contributed by atoms with Crippen molar-refractivity contribution in [3.8, 4) is 11.3 Å². The molecule has 2 N–H and O–H groups in total. The molecule has 0 saturated carbocycles. The van der Waals surface area contributed by atoms with Crippen molar-refractivity contribution in [1.82, 2.24) is 14.5 Å². The van der Waals surface area contributed by atoms with Crippen molar-refractivity contribution in [2.75, 3.05) is 11.9 Å². The topological polar surface area (TPSA) is 70.4 Å². The Morgan fingerprint density at radius 3 is 2.55 bits per heavy atom. The van der Waals surface area contributed by atoms with E-state index in [1.54, 1.807) is 43.0 Å². The van der Waals surface area contributed by atoms with E-state index in [4.69, 9.17) is 4.98 Å². The smallest absolute Gasteiger partial charge is 0.225 e. The molecule has 1 amide bonds. The largest absolute Gasteiger partial charge is 0.390 e. The summed E-state index contributed by atoms with van der Waals surface area (Å²) in [7, 11) is 0. The van der Waals surface area contributed by atoms with E-state index in [1.807, 2.05) is 4.57 Å². The average molecular weight is 426 g/mol. The molecule has 3 aromatic rings. The van der Waals surface area contributed by atoms with Crippen molar-refractivity contribution >= 4 is 17.4 Å². The van der Waals surface area contributed by atoms with Crippen molar-refractivity contribution in [2.45, 2.75) is 39.0 Å². The number of rotatable bonds is 5. The van der Waals surface area contributed by atoms with Gasteiger partial charge in [0.15, 0.2) is 0 Å². The molecule has 0 aliphatic carbocycles. The number of fused-ring (bicyclic) bond motifs is 1. The number of benzene rings is 2. The van der Waals surface area contributed by atoms with E-state index < -0.39 is 5.60 Å². The maximum Gasteiger partial charge on any atom is 0.225 e. The van der Waals surface area contributed by atoms with Gasteiger partial charge in [-0.05, 0) is 50.2 Å². The number of hydrogen-bond acceptors (Lipinski definition) is 4. The second-order valence-electron chi connectivity index (χ2n) is 8.32. The van der Waals surface area contributed by atoms with E-state index in [0.29, 0.717) is 41.7 Å². The van der Waals surface area contributed by atoms with Gasteiger partial charge in [-0.3, -0.25) is 4.79 Å². The molecule has 8 heteroatoms. The zero-order chi connectivity index (χ0) is 22.2. The molecular formula is C23H24F2N4O2. The van der Waals surface area contributed by atoms with Crippen LogP contribution in [-0.4, -0.2) is 37.6 Å². The van der Waals surface area contributed by atoms with Crippen LogP contribution >= 0.6 is 0 Å². The molecule has 1 aliphatic rings. The number of aromatic nitrogens is 2. The number of anilines is 2. The number of imidazole rings is 1. The van der Waals surface area contributed by atoms with Crippen LogP contribution in [-0.2, 0) is 17.9 Å².